The summed E-state index contributed by atoms with van der Waals surface area (Å²) in [6.07, 6.45) is 4.49. The molecule has 0 bridgehead atoms. The van der Waals surface area contributed by atoms with Crippen LogP contribution in [-0.4, -0.2) is 56.1 Å². The summed E-state index contributed by atoms with van der Waals surface area (Å²) in [7, 11) is -1.22. The number of hydrogen-bond acceptors (Lipinski definition) is 6. The van der Waals surface area contributed by atoms with Crippen molar-refractivity contribution in [2.45, 2.75) is 38.1 Å². The van der Waals surface area contributed by atoms with Crippen molar-refractivity contribution in [1.82, 2.24) is 4.90 Å². The van der Waals surface area contributed by atoms with Crippen LogP contribution in [0.4, 0.5) is 5.00 Å². The van der Waals surface area contributed by atoms with E-state index in [0.29, 0.717) is 22.5 Å². The molecule has 1 aromatic carbocycles. The molecule has 0 unspecified atom stereocenters. The van der Waals surface area contributed by atoms with Crippen molar-refractivity contribution in [2.75, 3.05) is 30.4 Å². The van der Waals surface area contributed by atoms with E-state index in [1.807, 2.05) is 18.2 Å². The number of benzene rings is 1. The van der Waals surface area contributed by atoms with Crippen LogP contribution in [0, 0.1) is 0 Å². The van der Waals surface area contributed by atoms with E-state index in [-0.39, 0.29) is 35.8 Å². The van der Waals surface area contributed by atoms with Gasteiger partial charge in [0.15, 0.2) is 15.6 Å². The number of nitrogens with zero attached hydrogens (tertiary/aromatic N) is 1. The first-order chi connectivity index (χ1) is 14.3. The molecule has 1 aromatic heterocycles. The number of nitrogens with one attached hydrogen (secondary N) is 1. The highest BCUT2D eigenvalue weighted by molar-refractivity contribution is 7.91. The Labute approximate surface area is 181 Å². The molecule has 2 heterocycles. The van der Waals surface area contributed by atoms with Crippen molar-refractivity contribution >= 4 is 37.9 Å². The second-order valence-electron chi connectivity index (χ2n) is 8.13. The van der Waals surface area contributed by atoms with Crippen LogP contribution < -0.4 is 5.32 Å². The molecule has 1 aliphatic heterocycles. The SMILES string of the molecule is CN(CC(=O)Nc1sc2c(c1C(=O)c1ccccc1)CCCC2)[C@@H]1CCS(=O)(=O)C1. The fourth-order valence-corrected chi connectivity index (χ4v) is 7.38. The quantitative estimate of drug-likeness (QED) is 0.690. The Morgan fingerprint density at radius 2 is 1.90 bits per heavy atom. The average molecular weight is 447 g/mol. The molecule has 1 amide bonds. The molecule has 160 valence electrons. The van der Waals surface area contributed by atoms with E-state index in [0.717, 1.165) is 31.2 Å². The lowest BCUT2D eigenvalue weighted by molar-refractivity contribution is -0.117. The molecular weight excluding hydrogens is 420 g/mol. The number of amides is 1. The first-order valence-electron chi connectivity index (χ1n) is 10.3. The molecule has 0 spiro atoms. The smallest absolute Gasteiger partial charge is 0.239 e. The Balaban J connectivity index is 1.54. The maximum absolute atomic E-state index is 13.3. The van der Waals surface area contributed by atoms with E-state index in [1.165, 1.54) is 16.2 Å². The summed E-state index contributed by atoms with van der Waals surface area (Å²) in [6.45, 7) is 0.0989. The molecule has 1 atom stereocenters. The van der Waals surface area contributed by atoms with E-state index in [4.69, 9.17) is 0 Å². The van der Waals surface area contributed by atoms with Gasteiger partial charge in [0.2, 0.25) is 5.91 Å². The first-order valence-corrected chi connectivity index (χ1v) is 12.9. The number of fused-ring (bicyclic) bond motifs is 1. The number of carbonyl (C=O) groups is 2. The van der Waals surface area contributed by atoms with Gasteiger partial charge in [-0.2, -0.15) is 0 Å². The van der Waals surface area contributed by atoms with E-state index in [1.54, 1.807) is 24.1 Å². The highest BCUT2D eigenvalue weighted by Crippen LogP contribution is 2.39. The molecule has 1 aliphatic carbocycles. The third-order valence-electron chi connectivity index (χ3n) is 5.91. The minimum atomic E-state index is -3.00. The monoisotopic (exact) mass is 446 g/mol. The Morgan fingerprint density at radius 3 is 2.60 bits per heavy atom. The van der Waals surface area contributed by atoms with Crippen molar-refractivity contribution < 1.29 is 18.0 Å². The summed E-state index contributed by atoms with van der Waals surface area (Å²) in [5, 5.41) is 3.58. The van der Waals surface area contributed by atoms with Gasteiger partial charge < -0.3 is 5.32 Å². The topological polar surface area (TPSA) is 83.6 Å². The van der Waals surface area contributed by atoms with E-state index < -0.39 is 9.84 Å². The highest BCUT2D eigenvalue weighted by atomic mass is 32.2. The third-order valence-corrected chi connectivity index (χ3v) is 8.87. The molecule has 1 N–H and O–H groups in total. The van der Waals surface area contributed by atoms with Crippen LogP contribution in [0.3, 0.4) is 0 Å². The van der Waals surface area contributed by atoms with Crippen molar-refractivity contribution in [3.05, 3.63) is 51.9 Å². The fourth-order valence-electron chi connectivity index (χ4n) is 4.27. The zero-order valence-corrected chi connectivity index (χ0v) is 18.7. The van der Waals surface area contributed by atoms with Crippen LogP contribution in [0.2, 0.25) is 0 Å². The van der Waals surface area contributed by atoms with Gasteiger partial charge in [0.05, 0.1) is 23.6 Å². The standard InChI is InChI=1S/C22H26N2O4S2/c1-24(16-11-12-30(27,28)14-16)13-19(25)23-22-20(17-9-5-6-10-18(17)29-22)21(26)15-7-3-2-4-8-15/h2-4,7-8,16H,5-6,9-14H2,1H3,(H,23,25)/t16-/m1/s1. The van der Waals surface area contributed by atoms with Crippen molar-refractivity contribution in [1.29, 1.82) is 0 Å². The molecule has 2 aliphatic rings. The van der Waals surface area contributed by atoms with Gasteiger partial charge in [-0.05, 0) is 44.7 Å². The van der Waals surface area contributed by atoms with Crippen LogP contribution in [0.1, 0.15) is 45.6 Å². The summed E-state index contributed by atoms with van der Waals surface area (Å²) in [5.41, 5.74) is 2.32. The van der Waals surface area contributed by atoms with Crippen LogP contribution in [0.5, 0.6) is 0 Å². The van der Waals surface area contributed by atoms with Gasteiger partial charge in [-0.1, -0.05) is 30.3 Å². The predicted molar refractivity (Wildman–Crippen MR) is 119 cm³/mol. The number of hydrogen-bond donors (Lipinski definition) is 1. The lowest BCUT2D eigenvalue weighted by atomic mass is 9.92. The minimum absolute atomic E-state index is 0.0551. The Hall–Kier alpha value is -2.03. The predicted octanol–water partition coefficient (Wildman–Crippen LogP) is 2.92. The summed E-state index contributed by atoms with van der Waals surface area (Å²) >= 11 is 1.51. The number of sulfone groups is 1. The van der Waals surface area contributed by atoms with Gasteiger partial charge in [-0.25, -0.2) is 8.42 Å². The molecule has 2 aromatic rings. The largest absolute Gasteiger partial charge is 0.316 e. The van der Waals surface area contributed by atoms with Gasteiger partial charge in [0.1, 0.15) is 5.00 Å². The molecular formula is C22H26N2O4S2. The maximum Gasteiger partial charge on any atom is 0.239 e. The number of thiophene rings is 1. The normalized spacial score (nSPS) is 20.1. The zero-order valence-electron chi connectivity index (χ0n) is 17.0. The molecule has 6 nitrogen and oxygen atoms in total. The number of rotatable bonds is 6. The van der Waals surface area contributed by atoms with Crippen LogP contribution in [-0.2, 0) is 27.5 Å². The third kappa shape index (κ3) is 4.50. The van der Waals surface area contributed by atoms with Crippen molar-refractivity contribution in [3.63, 3.8) is 0 Å². The van der Waals surface area contributed by atoms with Gasteiger partial charge in [-0.15, -0.1) is 11.3 Å². The maximum atomic E-state index is 13.3. The van der Waals surface area contributed by atoms with Gasteiger partial charge >= 0.3 is 0 Å². The molecule has 1 saturated heterocycles. The lowest BCUT2D eigenvalue weighted by Gasteiger charge is -2.22. The van der Waals surface area contributed by atoms with Crippen LogP contribution in [0.15, 0.2) is 30.3 Å². The van der Waals surface area contributed by atoms with Crippen LogP contribution in [0.25, 0.3) is 0 Å². The zero-order chi connectivity index (χ0) is 21.3. The van der Waals surface area contributed by atoms with Gasteiger partial charge in [0, 0.05) is 16.5 Å². The molecule has 0 radical (unpaired) electrons. The Kier molecular flexibility index (Phi) is 6.09. The number of likely N-dealkylation sites (N-methyl/N-ethyl adjacent to an activating group) is 1. The summed E-state index contributed by atoms with van der Waals surface area (Å²) in [5.74, 6) is 0.00165. The number of ketones is 1. The molecule has 0 saturated carbocycles. The second kappa shape index (κ2) is 8.61. The number of carbonyl (C=O) groups excluding carboxylic acids is 2. The van der Waals surface area contributed by atoms with Crippen molar-refractivity contribution in [2.24, 2.45) is 0 Å². The van der Waals surface area contributed by atoms with E-state index in [2.05, 4.69) is 5.32 Å². The van der Waals surface area contributed by atoms with Crippen LogP contribution >= 0.6 is 11.3 Å². The number of aryl methyl sites for hydroxylation is 1. The molecule has 30 heavy (non-hydrogen) atoms. The first kappa shape index (κ1) is 21.2. The fraction of sp³-hybridized carbons (Fsp3) is 0.455. The lowest BCUT2D eigenvalue weighted by Crippen LogP contribution is -2.38. The second-order valence-corrected chi connectivity index (χ2v) is 11.5. The van der Waals surface area contributed by atoms with E-state index in [9.17, 15) is 18.0 Å². The average Bonchev–Trinajstić information content (AvgIpc) is 3.27. The molecule has 4 rings (SSSR count). The Morgan fingerprint density at radius 1 is 1.17 bits per heavy atom. The van der Waals surface area contributed by atoms with E-state index >= 15 is 0 Å². The minimum Gasteiger partial charge on any atom is -0.316 e. The summed E-state index contributed by atoms with van der Waals surface area (Å²) < 4.78 is 23.5. The summed E-state index contributed by atoms with van der Waals surface area (Å²) in [4.78, 5) is 29.0. The van der Waals surface area contributed by atoms with Gasteiger partial charge in [0.25, 0.3) is 0 Å². The highest BCUT2D eigenvalue weighted by Gasteiger charge is 2.32. The Bertz CT molecular complexity index is 1060. The molecule has 8 heteroatoms. The summed E-state index contributed by atoms with van der Waals surface area (Å²) in [6, 6.07) is 9.03. The van der Waals surface area contributed by atoms with Crippen molar-refractivity contribution in [3.8, 4) is 0 Å². The molecule has 1 fully saturated rings. The van der Waals surface area contributed by atoms with Gasteiger partial charge in [-0.3, -0.25) is 14.5 Å². The number of anilines is 1.